The lowest BCUT2D eigenvalue weighted by molar-refractivity contribution is 0.305. The van der Waals surface area contributed by atoms with Crippen LogP contribution >= 0.6 is 11.6 Å². The smallest absolute Gasteiger partial charge is 0.144 e. The molecule has 0 aliphatic heterocycles. The van der Waals surface area contributed by atoms with Gasteiger partial charge in [0.1, 0.15) is 5.15 Å². The predicted molar refractivity (Wildman–Crippen MR) is 52.6 cm³/mol. The summed E-state index contributed by atoms with van der Waals surface area (Å²) in [4.78, 5) is 3.96. The maximum absolute atomic E-state index is 8.52. The summed E-state index contributed by atoms with van der Waals surface area (Å²) in [6.07, 6.45) is 2.16. The van der Waals surface area contributed by atoms with Gasteiger partial charge in [-0.25, -0.2) is 4.98 Å². The van der Waals surface area contributed by atoms with E-state index >= 15 is 0 Å². The first-order chi connectivity index (χ1) is 6.24. The number of rotatable bonds is 1. The summed E-state index contributed by atoms with van der Waals surface area (Å²) in [7, 11) is 0. The number of hydrogen-bond donors (Lipinski definition) is 1. The van der Waals surface area contributed by atoms with E-state index in [9.17, 15) is 0 Å². The van der Waals surface area contributed by atoms with Crippen LogP contribution in [0.5, 0.6) is 0 Å². The van der Waals surface area contributed by atoms with Crippen LogP contribution in [-0.4, -0.2) is 16.7 Å². The fourth-order valence-electron chi connectivity index (χ4n) is 0.854. The molecule has 1 heterocycles. The van der Waals surface area contributed by atoms with Crippen LogP contribution in [0.4, 0.5) is 0 Å². The second-order valence-corrected chi connectivity index (χ2v) is 2.98. The molecule has 0 aliphatic rings. The molecule has 0 bridgehead atoms. The molecule has 0 saturated carbocycles. The van der Waals surface area contributed by atoms with Gasteiger partial charge in [-0.2, -0.15) is 0 Å². The average Bonchev–Trinajstić information content (AvgIpc) is 2.11. The number of aryl methyl sites for hydroxylation is 1. The summed E-state index contributed by atoms with van der Waals surface area (Å²) < 4.78 is 0. The minimum Gasteiger partial charge on any atom is -0.395 e. The van der Waals surface area contributed by atoms with E-state index in [0.717, 1.165) is 11.1 Å². The Balaban J connectivity index is 2.89. The third-order valence-corrected chi connectivity index (χ3v) is 1.74. The molecule has 0 aliphatic carbocycles. The van der Waals surface area contributed by atoms with E-state index in [0.29, 0.717) is 11.6 Å². The number of aliphatic hydroxyl groups excluding tert-OH is 1. The number of aliphatic hydroxyl groups is 1. The Hall–Kier alpha value is -1.04. The van der Waals surface area contributed by atoms with Gasteiger partial charge in [0, 0.05) is 12.6 Å². The van der Waals surface area contributed by atoms with E-state index in [-0.39, 0.29) is 6.61 Å². The van der Waals surface area contributed by atoms with E-state index in [2.05, 4.69) is 16.8 Å². The molecule has 1 aromatic heterocycles. The van der Waals surface area contributed by atoms with Gasteiger partial charge in [0.2, 0.25) is 0 Å². The number of nitrogens with zero attached hydrogens (tertiary/aromatic N) is 1. The molecule has 0 amide bonds. The number of halogens is 1. The fraction of sp³-hybridized carbons (Fsp3) is 0.300. The number of pyridine rings is 1. The topological polar surface area (TPSA) is 33.1 Å². The van der Waals surface area contributed by atoms with Gasteiger partial charge in [0.25, 0.3) is 0 Å². The molecule has 1 rings (SSSR count). The van der Waals surface area contributed by atoms with Gasteiger partial charge in [0.15, 0.2) is 0 Å². The molecular formula is C10H10ClNO. The van der Waals surface area contributed by atoms with Crippen molar-refractivity contribution in [2.45, 2.75) is 13.3 Å². The highest BCUT2D eigenvalue weighted by Crippen LogP contribution is 2.12. The molecule has 2 nitrogen and oxygen atoms in total. The molecule has 0 saturated heterocycles. The second kappa shape index (κ2) is 4.86. The number of aromatic nitrogens is 1. The largest absolute Gasteiger partial charge is 0.395 e. The molecular weight excluding hydrogens is 186 g/mol. The molecule has 1 aromatic rings. The third-order valence-electron chi connectivity index (χ3n) is 1.44. The van der Waals surface area contributed by atoms with E-state index in [1.54, 1.807) is 6.20 Å². The Bertz CT molecular complexity index is 352. The Labute approximate surface area is 82.6 Å². The maximum atomic E-state index is 8.52. The van der Waals surface area contributed by atoms with Gasteiger partial charge in [0.05, 0.1) is 12.2 Å². The van der Waals surface area contributed by atoms with Crippen molar-refractivity contribution >= 4 is 11.6 Å². The lowest BCUT2D eigenvalue weighted by Crippen LogP contribution is -1.84. The van der Waals surface area contributed by atoms with E-state index < -0.39 is 0 Å². The summed E-state index contributed by atoms with van der Waals surface area (Å²) in [6, 6.07) is 1.87. The molecule has 0 atom stereocenters. The van der Waals surface area contributed by atoms with Crippen LogP contribution in [0.1, 0.15) is 17.5 Å². The van der Waals surface area contributed by atoms with Crippen molar-refractivity contribution in [2.24, 2.45) is 0 Å². The summed E-state index contributed by atoms with van der Waals surface area (Å²) in [5.74, 6) is 5.65. The maximum Gasteiger partial charge on any atom is 0.144 e. The van der Waals surface area contributed by atoms with Gasteiger partial charge < -0.3 is 5.11 Å². The summed E-state index contributed by atoms with van der Waals surface area (Å²) in [5, 5.41) is 8.93. The molecule has 0 spiro atoms. The highest BCUT2D eigenvalue weighted by molar-refractivity contribution is 6.30. The van der Waals surface area contributed by atoms with Crippen molar-refractivity contribution in [1.82, 2.24) is 4.98 Å². The molecule has 68 valence electrons. The molecule has 1 N–H and O–H groups in total. The predicted octanol–water partition coefficient (Wildman–Crippen LogP) is 1.78. The van der Waals surface area contributed by atoms with E-state index in [1.807, 2.05) is 13.0 Å². The molecule has 0 fully saturated rings. The first-order valence-electron chi connectivity index (χ1n) is 3.96. The van der Waals surface area contributed by atoms with Gasteiger partial charge in [-0.05, 0) is 18.6 Å². The van der Waals surface area contributed by atoms with Crippen LogP contribution in [0.25, 0.3) is 0 Å². The van der Waals surface area contributed by atoms with Gasteiger partial charge in [-0.1, -0.05) is 23.4 Å². The first-order valence-corrected chi connectivity index (χ1v) is 4.33. The van der Waals surface area contributed by atoms with Gasteiger partial charge in [-0.15, -0.1) is 0 Å². The van der Waals surface area contributed by atoms with Crippen molar-refractivity contribution < 1.29 is 5.11 Å². The molecule has 13 heavy (non-hydrogen) atoms. The van der Waals surface area contributed by atoms with Gasteiger partial charge >= 0.3 is 0 Å². The zero-order chi connectivity index (χ0) is 9.68. The molecule has 3 heteroatoms. The minimum atomic E-state index is 0.0733. The third kappa shape index (κ3) is 3.06. The highest BCUT2D eigenvalue weighted by atomic mass is 35.5. The number of hydrogen-bond acceptors (Lipinski definition) is 2. The average molecular weight is 196 g/mol. The highest BCUT2D eigenvalue weighted by Gasteiger charge is 1.96. The van der Waals surface area contributed by atoms with Crippen LogP contribution in [0.3, 0.4) is 0 Å². The van der Waals surface area contributed by atoms with E-state index in [1.165, 1.54) is 0 Å². The first kappa shape index (κ1) is 10.0. The van der Waals surface area contributed by atoms with Crippen LogP contribution in [0.15, 0.2) is 12.3 Å². The Kier molecular flexibility index (Phi) is 3.75. The standard InChI is InChI=1S/C10H10ClNO/c1-8-6-9(4-2-3-5-13)10(11)12-7-8/h6-7,13H,3,5H2,1H3. The van der Waals surface area contributed by atoms with Crippen molar-refractivity contribution in [3.05, 3.63) is 28.5 Å². The zero-order valence-electron chi connectivity index (χ0n) is 7.34. The monoisotopic (exact) mass is 195 g/mol. The van der Waals surface area contributed by atoms with E-state index in [4.69, 9.17) is 16.7 Å². The summed E-state index contributed by atoms with van der Waals surface area (Å²) in [5.41, 5.74) is 1.74. The van der Waals surface area contributed by atoms with Crippen LogP contribution in [-0.2, 0) is 0 Å². The van der Waals surface area contributed by atoms with Crippen LogP contribution < -0.4 is 0 Å². The lowest BCUT2D eigenvalue weighted by Gasteiger charge is -1.95. The Morgan fingerprint density at radius 1 is 1.62 bits per heavy atom. The molecule has 0 radical (unpaired) electrons. The minimum absolute atomic E-state index is 0.0733. The second-order valence-electron chi connectivity index (χ2n) is 2.63. The molecule has 0 aromatic carbocycles. The normalized spacial score (nSPS) is 9.15. The molecule has 0 unspecified atom stereocenters. The van der Waals surface area contributed by atoms with Gasteiger partial charge in [-0.3, -0.25) is 0 Å². The fourth-order valence-corrected chi connectivity index (χ4v) is 1.00. The lowest BCUT2D eigenvalue weighted by atomic mass is 10.2. The van der Waals surface area contributed by atoms with Crippen LogP contribution in [0, 0.1) is 18.8 Å². The summed E-state index contributed by atoms with van der Waals surface area (Å²) >= 11 is 5.80. The quantitative estimate of drug-likeness (QED) is 0.548. The van der Waals surface area contributed by atoms with Crippen molar-refractivity contribution in [3.63, 3.8) is 0 Å². The summed E-state index contributed by atoms with van der Waals surface area (Å²) in [6.45, 7) is 2.00. The van der Waals surface area contributed by atoms with Crippen molar-refractivity contribution in [2.75, 3.05) is 6.61 Å². The van der Waals surface area contributed by atoms with Crippen LogP contribution in [0.2, 0.25) is 5.15 Å². The zero-order valence-corrected chi connectivity index (χ0v) is 8.10. The Morgan fingerprint density at radius 2 is 2.38 bits per heavy atom. The SMILES string of the molecule is Cc1cnc(Cl)c(C#CCCO)c1. The van der Waals surface area contributed by atoms with Crippen molar-refractivity contribution in [3.8, 4) is 11.8 Å². The Morgan fingerprint density at radius 3 is 3.08 bits per heavy atom. The van der Waals surface area contributed by atoms with Crippen molar-refractivity contribution in [1.29, 1.82) is 0 Å².